The number of alkyl halides is 1. The lowest BCUT2D eigenvalue weighted by molar-refractivity contribution is 0.0952. The number of aromatic nitrogens is 1. The summed E-state index contributed by atoms with van der Waals surface area (Å²) in [5.41, 5.74) is 2.35. The first-order valence-electron chi connectivity index (χ1n) is 5.87. The van der Waals surface area contributed by atoms with Gasteiger partial charge < -0.3 is 5.32 Å². The molecule has 1 atom stereocenters. The zero-order chi connectivity index (χ0) is 12.8. The fourth-order valence-corrected chi connectivity index (χ4v) is 1.76. The van der Waals surface area contributed by atoms with Gasteiger partial charge in [0.1, 0.15) is 0 Å². The van der Waals surface area contributed by atoms with Crippen molar-refractivity contribution in [2.75, 3.05) is 6.54 Å². The van der Waals surface area contributed by atoms with Crippen LogP contribution in [0.25, 0.3) is 0 Å². The molecule has 0 spiro atoms. The average Bonchev–Trinajstić information content (AvgIpc) is 2.23. The molecule has 0 aliphatic heterocycles. The Morgan fingerprint density at radius 3 is 2.76 bits per heavy atom. The fraction of sp³-hybridized carbons (Fsp3) is 0.538. The van der Waals surface area contributed by atoms with Crippen molar-refractivity contribution in [3.05, 3.63) is 29.1 Å². The molecule has 0 aliphatic carbocycles. The molecule has 1 unspecified atom stereocenters. The fourth-order valence-electron chi connectivity index (χ4n) is 1.61. The summed E-state index contributed by atoms with van der Waals surface area (Å²) in [6.07, 6.45) is 1.81. The first kappa shape index (κ1) is 14.0. The minimum atomic E-state index is -0.0581. The second-order valence-electron chi connectivity index (χ2n) is 4.26. The molecule has 1 aromatic rings. The molecule has 1 amide bonds. The van der Waals surface area contributed by atoms with Gasteiger partial charge in [-0.2, -0.15) is 0 Å². The van der Waals surface area contributed by atoms with Crippen LogP contribution in [0.1, 0.15) is 41.5 Å². The van der Waals surface area contributed by atoms with Gasteiger partial charge in [0.2, 0.25) is 0 Å². The zero-order valence-electron chi connectivity index (χ0n) is 10.6. The molecule has 0 fully saturated rings. The lowest BCUT2D eigenvalue weighted by Gasteiger charge is -2.08. The van der Waals surface area contributed by atoms with Gasteiger partial charge in [-0.05, 0) is 45.7 Å². The lowest BCUT2D eigenvalue weighted by atomic mass is 10.1. The SMILES string of the molecule is Cc1ccc(C(=O)NCCCC(C)Cl)c(C)n1. The molecule has 0 saturated carbocycles. The predicted molar refractivity (Wildman–Crippen MR) is 70.6 cm³/mol. The highest BCUT2D eigenvalue weighted by molar-refractivity contribution is 6.20. The second-order valence-corrected chi connectivity index (χ2v) is 5.01. The summed E-state index contributed by atoms with van der Waals surface area (Å²) in [7, 11) is 0. The second kappa shape index (κ2) is 6.60. The van der Waals surface area contributed by atoms with E-state index >= 15 is 0 Å². The van der Waals surface area contributed by atoms with E-state index in [0.29, 0.717) is 12.1 Å². The average molecular weight is 255 g/mol. The molecule has 4 heteroatoms. The summed E-state index contributed by atoms with van der Waals surface area (Å²) < 4.78 is 0. The van der Waals surface area contributed by atoms with E-state index in [1.807, 2.05) is 32.9 Å². The van der Waals surface area contributed by atoms with E-state index in [2.05, 4.69) is 10.3 Å². The largest absolute Gasteiger partial charge is 0.352 e. The van der Waals surface area contributed by atoms with Crippen LogP contribution in [0.15, 0.2) is 12.1 Å². The van der Waals surface area contributed by atoms with Gasteiger partial charge in [0, 0.05) is 17.6 Å². The summed E-state index contributed by atoms with van der Waals surface area (Å²) in [5.74, 6) is -0.0581. The molecule has 1 rings (SSSR count). The molecular formula is C13H19ClN2O. The minimum absolute atomic E-state index is 0.0581. The van der Waals surface area contributed by atoms with Crippen LogP contribution in [0.5, 0.6) is 0 Å². The molecule has 0 aliphatic rings. The lowest BCUT2D eigenvalue weighted by Crippen LogP contribution is -2.25. The van der Waals surface area contributed by atoms with Gasteiger partial charge in [0.15, 0.2) is 0 Å². The molecule has 94 valence electrons. The van der Waals surface area contributed by atoms with Gasteiger partial charge in [-0.25, -0.2) is 0 Å². The first-order valence-corrected chi connectivity index (χ1v) is 6.31. The topological polar surface area (TPSA) is 42.0 Å². The Labute approximate surface area is 108 Å². The summed E-state index contributed by atoms with van der Waals surface area (Å²) in [6.45, 7) is 6.37. The Balaban J connectivity index is 2.47. The van der Waals surface area contributed by atoms with Gasteiger partial charge in [-0.15, -0.1) is 11.6 Å². The number of nitrogens with one attached hydrogen (secondary N) is 1. The maximum Gasteiger partial charge on any atom is 0.253 e. The van der Waals surface area contributed by atoms with Crippen molar-refractivity contribution in [2.24, 2.45) is 0 Å². The third-order valence-electron chi connectivity index (χ3n) is 2.53. The van der Waals surface area contributed by atoms with Crippen molar-refractivity contribution in [1.29, 1.82) is 0 Å². The van der Waals surface area contributed by atoms with Crippen LogP contribution < -0.4 is 5.32 Å². The highest BCUT2D eigenvalue weighted by Gasteiger charge is 2.09. The maximum absolute atomic E-state index is 11.8. The number of amides is 1. The number of rotatable bonds is 5. The number of halogens is 1. The van der Waals surface area contributed by atoms with Crippen LogP contribution in [0, 0.1) is 13.8 Å². The Morgan fingerprint density at radius 2 is 2.18 bits per heavy atom. The van der Waals surface area contributed by atoms with E-state index in [9.17, 15) is 4.79 Å². The minimum Gasteiger partial charge on any atom is -0.352 e. The van der Waals surface area contributed by atoms with Crippen molar-refractivity contribution >= 4 is 17.5 Å². The number of aryl methyl sites for hydroxylation is 2. The van der Waals surface area contributed by atoms with E-state index in [0.717, 1.165) is 24.2 Å². The van der Waals surface area contributed by atoms with Crippen molar-refractivity contribution in [3.63, 3.8) is 0 Å². The van der Waals surface area contributed by atoms with E-state index in [1.165, 1.54) is 0 Å². The third kappa shape index (κ3) is 4.73. The molecule has 1 heterocycles. The number of carbonyl (C=O) groups excluding carboxylic acids is 1. The first-order chi connectivity index (χ1) is 8.00. The van der Waals surface area contributed by atoms with Crippen LogP contribution in [0.4, 0.5) is 0 Å². The van der Waals surface area contributed by atoms with Gasteiger partial charge in [0.25, 0.3) is 5.91 Å². The van der Waals surface area contributed by atoms with Crippen LogP contribution in [0.3, 0.4) is 0 Å². The summed E-state index contributed by atoms with van der Waals surface area (Å²) in [6, 6.07) is 3.67. The molecular weight excluding hydrogens is 236 g/mol. The van der Waals surface area contributed by atoms with Gasteiger partial charge in [-0.3, -0.25) is 9.78 Å². The van der Waals surface area contributed by atoms with Gasteiger partial charge >= 0.3 is 0 Å². The number of hydrogen-bond donors (Lipinski definition) is 1. The third-order valence-corrected chi connectivity index (χ3v) is 2.75. The maximum atomic E-state index is 11.8. The Morgan fingerprint density at radius 1 is 1.47 bits per heavy atom. The highest BCUT2D eigenvalue weighted by Crippen LogP contribution is 2.07. The van der Waals surface area contributed by atoms with Crippen molar-refractivity contribution < 1.29 is 4.79 Å². The van der Waals surface area contributed by atoms with E-state index in [1.54, 1.807) is 0 Å². The number of carbonyl (C=O) groups is 1. The van der Waals surface area contributed by atoms with Crippen LogP contribution >= 0.6 is 11.6 Å². The van der Waals surface area contributed by atoms with Crippen LogP contribution in [-0.4, -0.2) is 22.8 Å². The predicted octanol–water partition coefficient (Wildman–Crippen LogP) is 2.84. The van der Waals surface area contributed by atoms with E-state index < -0.39 is 0 Å². The van der Waals surface area contributed by atoms with Gasteiger partial charge in [-0.1, -0.05) is 0 Å². The standard InChI is InChI=1S/C13H19ClN2O/c1-9(14)5-4-8-15-13(17)12-7-6-10(2)16-11(12)3/h6-7,9H,4-5,8H2,1-3H3,(H,15,17). The summed E-state index contributed by atoms with van der Waals surface area (Å²) in [5, 5.41) is 3.04. The highest BCUT2D eigenvalue weighted by atomic mass is 35.5. The Hall–Kier alpha value is -1.09. The molecule has 1 aromatic heterocycles. The monoisotopic (exact) mass is 254 g/mol. The number of nitrogens with zero attached hydrogens (tertiary/aromatic N) is 1. The molecule has 1 N–H and O–H groups in total. The van der Waals surface area contributed by atoms with Crippen molar-refractivity contribution in [3.8, 4) is 0 Å². The van der Waals surface area contributed by atoms with E-state index in [-0.39, 0.29) is 11.3 Å². The molecule has 0 bridgehead atoms. The van der Waals surface area contributed by atoms with Gasteiger partial charge in [0.05, 0.1) is 11.3 Å². The molecule has 3 nitrogen and oxygen atoms in total. The van der Waals surface area contributed by atoms with Crippen LogP contribution in [-0.2, 0) is 0 Å². The number of pyridine rings is 1. The smallest absolute Gasteiger partial charge is 0.253 e. The molecule has 0 radical (unpaired) electrons. The Kier molecular flexibility index (Phi) is 5.42. The molecule has 17 heavy (non-hydrogen) atoms. The quantitative estimate of drug-likeness (QED) is 0.649. The van der Waals surface area contributed by atoms with Crippen LogP contribution in [0.2, 0.25) is 0 Å². The van der Waals surface area contributed by atoms with Crippen molar-refractivity contribution in [2.45, 2.75) is 39.0 Å². The Bertz CT molecular complexity index is 391. The zero-order valence-corrected chi connectivity index (χ0v) is 11.3. The normalized spacial score (nSPS) is 12.2. The summed E-state index contributed by atoms with van der Waals surface area (Å²) >= 11 is 5.83. The summed E-state index contributed by atoms with van der Waals surface area (Å²) in [4.78, 5) is 16.1. The molecule has 0 saturated heterocycles. The van der Waals surface area contributed by atoms with Crippen molar-refractivity contribution in [1.82, 2.24) is 10.3 Å². The molecule has 0 aromatic carbocycles. The number of hydrogen-bond acceptors (Lipinski definition) is 2. The van der Waals surface area contributed by atoms with E-state index in [4.69, 9.17) is 11.6 Å².